The number of carbonyl (C=O) groups excluding carboxylic acids is 3. The third-order valence-electron chi connectivity index (χ3n) is 4.51. The van der Waals surface area contributed by atoms with Crippen molar-refractivity contribution >= 4 is 23.6 Å². The van der Waals surface area contributed by atoms with Gasteiger partial charge in [-0.25, -0.2) is 4.79 Å². The predicted molar refractivity (Wildman–Crippen MR) is 79.8 cm³/mol. The number of amides is 1. The molecule has 1 heterocycles. The molecule has 1 atom stereocenters. The van der Waals surface area contributed by atoms with Gasteiger partial charge in [0.05, 0.1) is 6.42 Å². The standard InChI is InChI=1S/C16H23NO6/c1-15(2,3)23-14(22)17-6-4-16(5-7-17)9-10(18)8-11(19)12(16)13(20)21/h12H,4-9H2,1-3H3,(H,20,21). The molecule has 0 aromatic heterocycles. The number of rotatable bonds is 1. The summed E-state index contributed by atoms with van der Waals surface area (Å²) < 4.78 is 5.31. The first kappa shape index (κ1) is 17.4. The van der Waals surface area contributed by atoms with Crippen LogP contribution < -0.4 is 0 Å². The molecule has 0 aromatic carbocycles. The highest BCUT2D eigenvalue weighted by atomic mass is 16.6. The lowest BCUT2D eigenvalue weighted by Crippen LogP contribution is -2.54. The summed E-state index contributed by atoms with van der Waals surface area (Å²) in [6.45, 7) is 5.90. The van der Waals surface area contributed by atoms with Crippen LogP contribution >= 0.6 is 0 Å². The third-order valence-corrected chi connectivity index (χ3v) is 4.51. The van der Waals surface area contributed by atoms with Crippen LogP contribution in [0.3, 0.4) is 0 Å². The molecule has 128 valence electrons. The number of ether oxygens (including phenoxy) is 1. The van der Waals surface area contributed by atoms with Gasteiger partial charge >= 0.3 is 12.1 Å². The molecular formula is C16H23NO6. The Labute approximate surface area is 135 Å². The van der Waals surface area contributed by atoms with Gasteiger partial charge in [0, 0.05) is 24.9 Å². The average molecular weight is 325 g/mol. The summed E-state index contributed by atoms with van der Waals surface area (Å²) >= 11 is 0. The number of carbonyl (C=O) groups is 4. The maximum Gasteiger partial charge on any atom is 0.410 e. The van der Waals surface area contributed by atoms with Crippen molar-refractivity contribution in [3.05, 3.63) is 0 Å². The second-order valence-electron chi connectivity index (χ2n) is 7.46. The minimum atomic E-state index is -1.17. The van der Waals surface area contributed by atoms with E-state index >= 15 is 0 Å². The minimum absolute atomic E-state index is 0.0951. The fraction of sp³-hybridized carbons (Fsp3) is 0.750. The molecule has 0 radical (unpaired) electrons. The highest BCUT2D eigenvalue weighted by Crippen LogP contribution is 2.46. The van der Waals surface area contributed by atoms with Gasteiger partial charge in [-0.3, -0.25) is 14.4 Å². The molecule has 1 amide bonds. The summed E-state index contributed by atoms with van der Waals surface area (Å²) in [5, 5.41) is 9.40. The summed E-state index contributed by atoms with van der Waals surface area (Å²) in [5.41, 5.74) is -1.47. The van der Waals surface area contributed by atoms with Gasteiger partial charge < -0.3 is 14.7 Å². The molecule has 0 aromatic rings. The van der Waals surface area contributed by atoms with E-state index in [1.165, 1.54) is 4.90 Å². The Morgan fingerprint density at radius 2 is 1.78 bits per heavy atom. The largest absolute Gasteiger partial charge is 0.481 e. The zero-order chi connectivity index (χ0) is 17.4. The van der Waals surface area contributed by atoms with Crippen LogP contribution in [0.5, 0.6) is 0 Å². The van der Waals surface area contributed by atoms with E-state index in [4.69, 9.17) is 4.74 Å². The van der Waals surface area contributed by atoms with Crippen molar-refractivity contribution in [2.45, 2.75) is 52.1 Å². The van der Waals surface area contributed by atoms with E-state index < -0.39 is 34.8 Å². The summed E-state index contributed by atoms with van der Waals surface area (Å²) in [4.78, 5) is 48.9. The van der Waals surface area contributed by atoms with Gasteiger partial charge in [0.15, 0.2) is 5.78 Å². The Morgan fingerprint density at radius 1 is 1.22 bits per heavy atom. The number of aliphatic carboxylic acids is 1. The number of hydrogen-bond donors (Lipinski definition) is 1. The zero-order valence-corrected chi connectivity index (χ0v) is 13.8. The van der Waals surface area contributed by atoms with Crippen LogP contribution in [0.25, 0.3) is 0 Å². The topological polar surface area (TPSA) is 101 Å². The molecule has 2 aliphatic rings. The minimum Gasteiger partial charge on any atom is -0.481 e. The van der Waals surface area contributed by atoms with E-state index in [2.05, 4.69) is 0 Å². The molecule has 2 fully saturated rings. The van der Waals surface area contributed by atoms with Crippen molar-refractivity contribution in [1.29, 1.82) is 0 Å². The molecule has 1 aliphatic carbocycles. The molecule has 7 nitrogen and oxygen atoms in total. The van der Waals surface area contributed by atoms with Crippen LogP contribution in [0.15, 0.2) is 0 Å². The second kappa shape index (κ2) is 5.94. The van der Waals surface area contributed by atoms with E-state index in [-0.39, 0.29) is 18.6 Å². The van der Waals surface area contributed by atoms with Crippen LogP contribution in [0.1, 0.15) is 46.5 Å². The number of Topliss-reactive ketones (excluding diaryl/α,β-unsaturated/α-hetero) is 2. The summed E-state index contributed by atoms with van der Waals surface area (Å²) in [5.74, 6) is -3.05. The summed E-state index contributed by atoms with van der Waals surface area (Å²) in [7, 11) is 0. The van der Waals surface area contributed by atoms with Crippen LogP contribution in [-0.4, -0.2) is 52.3 Å². The van der Waals surface area contributed by atoms with Crippen LogP contribution in [-0.2, 0) is 19.1 Å². The zero-order valence-electron chi connectivity index (χ0n) is 13.8. The maximum absolute atomic E-state index is 12.1. The van der Waals surface area contributed by atoms with Gasteiger partial charge in [-0.05, 0) is 33.6 Å². The van der Waals surface area contributed by atoms with Gasteiger partial charge in [0.2, 0.25) is 0 Å². The lowest BCUT2D eigenvalue weighted by molar-refractivity contribution is -0.158. The van der Waals surface area contributed by atoms with Crippen molar-refractivity contribution in [1.82, 2.24) is 4.90 Å². The number of likely N-dealkylation sites (tertiary alicyclic amines) is 1. The number of carboxylic acids is 1. The molecule has 1 saturated carbocycles. The van der Waals surface area contributed by atoms with Crippen LogP contribution in [0.2, 0.25) is 0 Å². The lowest BCUT2D eigenvalue weighted by Gasteiger charge is -2.46. The highest BCUT2D eigenvalue weighted by molar-refractivity contribution is 6.10. The smallest absolute Gasteiger partial charge is 0.410 e. The van der Waals surface area contributed by atoms with Gasteiger partial charge in [0.1, 0.15) is 17.3 Å². The Kier molecular flexibility index (Phi) is 4.50. The maximum atomic E-state index is 12.1. The van der Waals surface area contributed by atoms with Crippen molar-refractivity contribution in [2.75, 3.05) is 13.1 Å². The Morgan fingerprint density at radius 3 is 2.26 bits per heavy atom. The van der Waals surface area contributed by atoms with E-state index in [1.807, 2.05) is 0 Å². The molecule has 1 spiro atoms. The van der Waals surface area contributed by atoms with E-state index in [0.717, 1.165) is 0 Å². The van der Waals surface area contributed by atoms with Crippen LogP contribution in [0, 0.1) is 11.3 Å². The van der Waals surface area contributed by atoms with Crippen LogP contribution in [0.4, 0.5) is 4.79 Å². The van der Waals surface area contributed by atoms with Gasteiger partial charge in [0.25, 0.3) is 0 Å². The van der Waals surface area contributed by atoms with E-state index in [1.54, 1.807) is 20.8 Å². The van der Waals surface area contributed by atoms with Crippen molar-refractivity contribution in [3.63, 3.8) is 0 Å². The van der Waals surface area contributed by atoms with Crippen molar-refractivity contribution in [2.24, 2.45) is 11.3 Å². The molecular weight excluding hydrogens is 302 g/mol. The Hall–Kier alpha value is -1.92. The van der Waals surface area contributed by atoms with Gasteiger partial charge in [-0.1, -0.05) is 0 Å². The molecule has 23 heavy (non-hydrogen) atoms. The molecule has 1 unspecified atom stereocenters. The monoisotopic (exact) mass is 325 g/mol. The molecule has 7 heteroatoms. The first-order chi connectivity index (χ1) is 10.5. The Bertz CT molecular complexity index is 539. The Balaban J connectivity index is 2.11. The predicted octanol–water partition coefficient (Wildman–Crippen LogP) is 1.64. The first-order valence-electron chi connectivity index (χ1n) is 7.79. The number of carboxylic acid groups (broad SMARTS) is 1. The number of piperidine rings is 1. The molecule has 2 rings (SSSR count). The quantitative estimate of drug-likeness (QED) is 0.735. The summed E-state index contributed by atoms with van der Waals surface area (Å²) in [6.07, 6.45) is -0.0130. The second-order valence-corrected chi connectivity index (χ2v) is 7.46. The normalized spacial score (nSPS) is 24.7. The van der Waals surface area contributed by atoms with Gasteiger partial charge in [-0.2, -0.15) is 0 Å². The van der Waals surface area contributed by atoms with Crippen molar-refractivity contribution < 1.29 is 29.0 Å². The fourth-order valence-electron chi connectivity index (χ4n) is 3.52. The molecule has 1 aliphatic heterocycles. The van der Waals surface area contributed by atoms with E-state index in [9.17, 15) is 24.3 Å². The van der Waals surface area contributed by atoms with Crippen molar-refractivity contribution in [3.8, 4) is 0 Å². The molecule has 0 bridgehead atoms. The number of nitrogens with zero attached hydrogens (tertiary/aromatic N) is 1. The summed E-state index contributed by atoms with van der Waals surface area (Å²) in [6, 6.07) is 0. The lowest BCUT2D eigenvalue weighted by atomic mass is 9.60. The number of hydrogen-bond acceptors (Lipinski definition) is 5. The SMILES string of the molecule is CC(C)(C)OC(=O)N1CCC2(CC1)CC(=O)CC(=O)C2C(=O)O. The fourth-order valence-corrected chi connectivity index (χ4v) is 3.52. The molecule has 1 saturated heterocycles. The third kappa shape index (κ3) is 3.71. The first-order valence-corrected chi connectivity index (χ1v) is 7.79. The average Bonchev–Trinajstić information content (AvgIpc) is 2.35. The van der Waals surface area contributed by atoms with E-state index in [0.29, 0.717) is 25.9 Å². The van der Waals surface area contributed by atoms with Gasteiger partial charge in [-0.15, -0.1) is 0 Å². The number of ketones is 2. The highest BCUT2D eigenvalue weighted by Gasteiger charge is 2.53. The molecule has 1 N–H and O–H groups in total.